The molecule has 0 saturated heterocycles. The number of thioether (sulfide) groups is 1. The molecule has 0 aliphatic carbocycles. The highest BCUT2D eigenvalue weighted by Gasteiger charge is 2.19. The lowest BCUT2D eigenvalue weighted by atomic mass is 10.3. The maximum atomic E-state index is 11.5. The zero-order valence-electron chi connectivity index (χ0n) is 9.17. The Balaban J connectivity index is 2.28. The molecular weight excluding hydrogens is 240 g/mol. The Morgan fingerprint density at radius 2 is 2.41 bits per heavy atom. The van der Waals surface area contributed by atoms with Gasteiger partial charge in [-0.3, -0.25) is 10.2 Å². The number of nitrogens with one attached hydrogen (secondary N) is 2. The van der Waals surface area contributed by atoms with Gasteiger partial charge in [0.2, 0.25) is 5.91 Å². The second-order valence-corrected chi connectivity index (χ2v) is 4.49. The number of carbonyl (C=O) groups excluding carboxylic acids is 1. The average Bonchev–Trinajstić information content (AvgIpc) is 2.83. The van der Waals surface area contributed by atoms with Crippen LogP contribution in [0.3, 0.4) is 0 Å². The van der Waals surface area contributed by atoms with Crippen molar-refractivity contribution in [1.29, 1.82) is 0 Å². The van der Waals surface area contributed by atoms with E-state index in [0.29, 0.717) is 17.1 Å². The fourth-order valence-corrected chi connectivity index (χ4v) is 2.37. The molecule has 0 spiro atoms. The van der Waals surface area contributed by atoms with Crippen LogP contribution in [-0.4, -0.2) is 31.1 Å². The van der Waals surface area contributed by atoms with E-state index in [2.05, 4.69) is 25.4 Å². The van der Waals surface area contributed by atoms with Gasteiger partial charge in [-0.1, -0.05) is 18.7 Å². The van der Waals surface area contributed by atoms with E-state index >= 15 is 0 Å². The second kappa shape index (κ2) is 5.11. The Morgan fingerprint density at radius 3 is 3.12 bits per heavy atom. The summed E-state index contributed by atoms with van der Waals surface area (Å²) < 4.78 is 0. The van der Waals surface area contributed by atoms with Gasteiger partial charge >= 0.3 is 0 Å². The van der Waals surface area contributed by atoms with Crippen molar-refractivity contribution < 1.29 is 4.79 Å². The predicted molar refractivity (Wildman–Crippen MR) is 63.9 cm³/mol. The molecule has 0 aliphatic heterocycles. The van der Waals surface area contributed by atoms with E-state index in [0.717, 1.165) is 5.52 Å². The number of aromatic amines is 1. The highest BCUT2D eigenvalue weighted by molar-refractivity contribution is 8.00. The summed E-state index contributed by atoms with van der Waals surface area (Å²) >= 11 is 1.34. The maximum absolute atomic E-state index is 11.5. The van der Waals surface area contributed by atoms with Crippen LogP contribution in [0.5, 0.6) is 0 Å². The third-order valence-corrected chi connectivity index (χ3v) is 3.61. The Hall–Kier alpha value is -1.67. The number of hydrazine groups is 1. The Bertz CT molecular complexity index is 527. The largest absolute Gasteiger partial charge is 0.341 e. The molecule has 17 heavy (non-hydrogen) atoms. The summed E-state index contributed by atoms with van der Waals surface area (Å²) in [5.74, 6) is 4.91. The minimum Gasteiger partial charge on any atom is -0.341 e. The third kappa shape index (κ3) is 2.37. The molecule has 2 aromatic rings. The van der Waals surface area contributed by atoms with Gasteiger partial charge in [0.15, 0.2) is 5.65 Å². The fourth-order valence-electron chi connectivity index (χ4n) is 1.38. The first-order chi connectivity index (χ1) is 8.26. The van der Waals surface area contributed by atoms with E-state index < -0.39 is 0 Å². The molecule has 1 amide bonds. The number of aromatic nitrogens is 4. The van der Waals surface area contributed by atoms with Crippen LogP contribution in [0.4, 0.5) is 0 Å². The number of carbonyl (C=O) groups is 1. The molecule has 0 bridgehead atoms. The van der Waals surface area contributed by atoms with Crippen molar-refractivity contribution >= 4 is 28.8 Å². The fraction of sp³-hybridized carbons (Fsp3) is 0.333. The summed E-state index contributed by atoms with van der Waals surface area (Å²) in [4.78, 5) is 26.6. The first-order valence-electron chi connectivity index (χ1n) is 5.07. The molecule has 0 aromatic carbocycles. The standard InChI is InChI=1S/C9H12N6OS/c1-2-5(8(16)15-10)17-9-6-7(12-3-11-6)13-4-14-9/h3-5H,2,10H2,1H3,(H,15,16)(H,11,12,13,14). The zero-order chi connectivity index (χ0) is 12.3. The monoisotopic (exact) mass is 252 g/mol. The second-order valence-electron chi connectivity index (χ2n) is 3.30. The minimum absolute atomic E-state index is 0.219. The topological polar surface area (TPSA) is 110 Å². The van der Waals surface area contributed by atoms with Crippen molar-refractivity contribution in [2.75, 3.05) is 0 Å². The van der Waals surface area contributed by atoms with Crippen LogP contribution in [0.1, 0.15) is 13.3 Å². The van der Waals surface area contributed by atoms with Crippen molar-refractivity contribution in [3.8, 4) is 0 Å². The summed E-state index contributed by atoms with van der Waals surface area (Å²) in [6.07, 6.45) is 3.64. The first-order valence-corrected chi connectivity index (χ1v) is 5.95. The van der Waals surface area contributed by atoms with Crippen molar-refractivity contribution in [3.63, 3.8) is 0 Å². The lowest BCUT2D eigenvalue weighted by Gasteiger charge is -2.11. The van der Waals surface area contributed by atoms with Gasteiger partial charge in [0.25, 0.3) is 0 Å². The molecule has 2 aromatic heterocycles. The van der Waals surface area contributed by atoms with E-state index in [4.69, 9.17) is 5.84 Å². The smallest absolute Gasteiger partial charge is 0.247 e. The first kappa shape index (κ1) is 11.8. The SMILES string of the molecule is CCC(Sc1ncnc2nc[nH]c12)C(=O)NN. The summed E-state index contributed by atoms with van der Waals surface area (Å²) in [5, 5.41) is 0.421. The molecule has 8 heteroatoms. The van der Waals surface area contributed by atoms with Crippen LogP contribution in [0, 0.1) is 0 Å². The zero-order valence-corrected chi connectivity index (χ0v) is 9.99. The van der Waals surface area contributed by atoms with E-state index in [1.54, 1.807) is 6.33 Å². The molecule has 1 atom stereocenters. The highest BCUT2D eigenvalue weighted by Crippen LogP contribution is 2.27. The maximum Gasteiger partial charge on any atom is 0.247 e. The number of fused-ring (bicyclic) bond motifs is 1. The molecule has 4 N–H and O–H groups in total. The number of amides is 1. The van der Waals surface area contributed by atoms with Crippen molar-refractivity contribution in [2.45, 2.75) is 23.6 Å². The molecule has 2 heterocycles. The molecule has 2 rings (SSSR count). The Kier molecular flexibility index (Phi) is 3.55. The van der Waals surface area contributed by atoms with Gasteiger partial charge in [-0.15, -0.1) is 0 Å². The number of nitrogens with zero attached hydrogens (tertiary/aromatic N) is 3. The number of hydrogen-bond donors (Lipinski definition) is 3. The lowest BCUT2D eigenvalue weighted by Crippen LogP contribution is -2.37. The van der Waals surface area contributed by atoms with Crippen LogP contribution in [0.2, 0.25) is 0 Å². The molecule has 0 radical (unpaired) electrons. The van der Waals surface area contributed by atoms with Gasteiger partial charge in [-0.2, -0.15) is 0 Å². The molecular formula is C9H12N6OS. The van der Waals surface area contributed by atoms with Gasteiger partial charge in [0, 0.05) is 0 Å². The van der Waals surface area contributed by atoms with E-state index in [-0.39, 0.29) is 11.2 Å². The van der Waals surface area contributed by atoms with Crippen LogP contribution in [-0.2, 0) is 4.79 Å². The van der Waals surface area contributed by atoms with E-state index in [1.807, 2.05) is 6.92 Å². The summed E-state index contributed by atoms with van der Waals surface area (Å²) in [6, 6.07) is 0. The van der Waals surface area contributed by atoms with Crippen LogP contribution < -0.4 is 11.3 Å². The number of hydrogen-bond acceptors (Lipinski definition) is 6. The van der Waals surface area contributed by atoms with Crippen molar-refractivity contribution in [3.05, 3.63) is 12.7 Å². The van der Waals surface area contributed by atoms with Gasteiger partial charge < -0.3 is 4.98 Å². The van der Waals surface area contributed by atoms with Crippen molar-refractivity contribution in [2.24, 2.45) is 5.84 Å². The molecule has 1 unspecified atom stereocenters. The quantitative estimate of drug-likeness (QED) is 0.236. The minimum atomic E-state index is -0.276. The Labute approximate surface area is 102 Å². The average molecular weight is 252 g/mol. The number of H-pyrrole nitrogens is 1. The van der Waals surface area contributed by atoms with Crippen LogP contribution in [0.15, 0.2) is 17.7 Å². The molecule has 0 fully saturated rings. The summed E-state index contributed by atoms with van der Waals surface area (Å²) in [7, 11) is 0. The summed E-state index contributed by atoms with van der Waals surface area (Å²) in [6.45, 7) is 1.91. The normalized spacial score (nSPS) is 12.6. The molecule has 0 saturated carbocycles. The van der Waals surface area contributed by atoms with Crippen LogP contribution in [0.25, 0.3) is 11.2 Å². The number of imidazole rings is 1. The van der Waals surface area contributed by atoms with E-state index in [1.165, 1.54) is 18.1 Å². The van der Waals surface area contributed by atoms with Crippen LogP contribution >= 0.6 is 11.8 Å². The van der Waals surface area contributed by atoms with E-state index in [9.17, 15) is 4.79 Å². The van der Waals surface area contributed by atoms with Gasteiger partial charge in [-0.25, -0.2) is 20.8 Å². The highest BCUT2D eigenvalue weighted by atomic mass is 32.2. The molecule has 90 valence electrons. The summed E-state index contributed by atoms with van der Waals surface area (Å²) in [5.41, 5.74) is 3.47. The molecule has 0 aliphatic rings. The lowest BCUT2D eigenvalue weighted by molar-refractivity contribution is -0.120. The Morgan fingerprint density at radius 1 is 1.59 bits per heavy atom. The number of nitrogens with two attached hydrogens (primary N) is 1. The molecule has 7 nitrogen and oxygen atoms in total. The predicted octanol–water partition coefficient (Wildman–Crippen LogP) is 0.213. The van der Waals surface area contributed by atoms with Gasteiger partial charge in [-0.05, 0) is 6.42 Å². The third-order valence-electron chi connectivity index (χ3n) is 2.25. The number of rotatable bonds is 4. The van der Waals surface area contributed by atoms with Gasteiger partial charge in [0.1, 0.15) is 16.9 Å². The van der Waals surface area contributed by atoms with Gasteiger partial charge in [0.05, 0.1) is 11.6 Å². The van der Waals surface area contributed by atoms with Crippen molar-refractivity contribution in [1.82, 2.24) is 25.4 Å².